The van der Waals surface area contributed by atoms with E-state index in [9.17, 15) is 0 Å². The smallest absolute Gasteiger partial charge is 0.00971 e. The molecule has 2 nitrogen and oxygen atoms in total. The Bertz CT molecular complexity index is 270. The summed E-state index contributed by atoms with van der Waals surface area (Å²) in [6.07, 6.45) is 3.75. The van der Waals surface area contributed by atoms with Gasteiger partial charge in [0.1, 0.15) is 0 Å². The van der Waals surface area contributed by atoms with Crippen molar-refractivity contribution in [3.05, 3.63) is 21.9 Å². The highest BCUT2D eigenvalue weighted by atomic mass is 32.1. The molecule has 15 heavy (non-hydrogen) atoms. The number of likely N-dealkylation sites (N-methyl/N-ethyl adjacent to an activating group) is 1. The van der Waals surface area contributed by atoms with Crippen LogP contribution < -0.4 is 11.1 Å². The maximum Gasteiger partial charge on any atom is 0.00971 e. The zero-order valence-corrected chi connectivity index (χ0v) is 10.6. The molecule has 1 atom stereocenters. The molecule has 0 aliphatic rings. The fourth-order valence-electron chi connectivity index (χ4n) is 1.82. The van der Waals surface area contributed by atoms with Crippen LogP contribution in [0.1, 0.15) is 36.1 Å². The molecule has 0 saturated carbocycles. The summed E-state index contributed by atoms with van der Waals surface area (Å²) in [6, 6.07) is 2.24. The number of hydrogen-bond acceptors (Lipinski definition) is 3. The van der Waals surface area contributed by atoms with E-state index in [1.165, 1.54) is 29.7 Å². The number of nitrogens with two attached hydrogens (primary N) is 1. The van der Waals surface area contributed by atoms with Gasteiger partial charge >= 0.3 is 0 Å². The molecule has 86 valence electrons. The zero-order valence-electron chi connectivity index (χ0n) is 9.75. The molecule has 0 amide bonds. The second-order valence-electron chi connectivity index (χ2n) is 3.89. The standard InChI is InChI=1S/C12H22N2S/c1-3-4-5-12-11(6-7-15-12)10(8-13)9-14-2/h6-7,10,14H,3-5,8-9,13H2,1-2H3. The lowest BCUT2D eigenvalue weighted by Crippen LogP contribution is -2.24. The monoisotopic (exact) mass is 226 g/mol. The van der Waals surface area contributed by atoms with Gasteiger partial charge in [-0.1, -0.05) is 13.3 Å². The SMILES string of the molecule is CCCCc1sccc1C(CN)CNC. The number of aryl methyl sites for hydroxylation is 1. The van der Waals surface area contributed by atoms with Crippen LogP contribution in [0.3, 0.4) is 0 Å². The van der Waals surface area contributed by atoms with Gasteiger partial charge in [0.15, 0.2) is 0 Å². The fraction of sp³-hybridized carbons (Fsp3) is 0.667. The Balaban J connectivity index is 2.68. The minimum absolute atomic E-state index is 0.480. The highest BCUT2D eigenvalue weighted by molar-refractivity contribution is 7.10. The molecule has 0 bridgehead atoms. The molecule has 0 radical (unpaired) electrons. The fourth-order valence-corrected chi connectivity index (χ4v) is 2.83. The van der Waals surface area contributed by atoms with Crippen molar-refractivity contribution in [3.63, 3.8) is 0 Å². The molecular formula is C12H22N2S. The molecule has 1 unspecified atom stereocenters. The van der Waals surface area contributed by atoms with Crippen molar-refractivity contribution in [2.75, 3.05) is 20.1 Å². The molecule has 0 aliphatic heterocycles. The number of rotatable bonds is 7. The first kappa shape index (κ1) is 12.7. The van der Waals surface area contributed by atoms with Crippen LogP contribution >= 0.6 is 11.3 Å². The largest absolute Gasteiger partial charge is 0.330 e. The van der Waals surface area contributed by atoms with E-state index >= 15 is 0 Å². The lowest BCUT2D eigenvalue weighted by atomic mass is 9.98. The lowest BCUT2D eigenvalue weighted by molar-refractivity contribution is 0.632. The molecular weight excluding hydrogens is 204 g/mol. The van der Waals surface area contributed by atoms with E-state index in [0.29, 0.717) is 5.92 Å². The number of hydrogen-bond donors (Lipinski definition) is 2. The second kappa shape index (κ2) is 6.99. The van der Waals surface area contributed by atoms with Crippen molar-refractivity contribution >= 4 is 11.3 Å². The Hall–Kier alpha value is -0.380. The van der Waals surface area contributed by atoms with Crippen LogP contribution in [-0.2, 0) is 6.42 Å². The Morgan fingerprint density at radius 3 is 2.93 bits per heavy atom. The first-order chi connectivity index (χ1) is 7.33. The molecule has 3 heteroatoms. The van der Waals surface area contributed by atoms with Gasteiger partial charge in [0.05, 0.1) is 0 Å². The van der Waals surface area contributed by atoms with Crippen molar-refractivity contribution < 1.29 is 0 Å². The van der Waals surface area contributed by atoms with Crippen LogP contribution in [0.2, 0.25) is 0 Å². The maximum absolute atomic E-state index is 5.81. The minimum Gasteiger partial charge on any atom is -0.330 e. The lowest BCUT2D eigenvalue weighted by Gasteiger charge is -2.15. The van der Waals surface area contributed by atoms with E-state index in [-0.39, 0.29) is 0 Å². The summed E-state index contributed by atoms with van der Waals surface area (Å²) >= 11 is 1.88. The van der Waals surface area contributed by atoms with Crippen LogP contribution in [0.15, 0.2) is 11.4 Å². The molecule has 0 saturated heterocycles. The highest BCUT2D eigenvalue weighted by Crippen LogP contribution is 2.25. The summed E-state index contributed by atoms with van der Waals surface area (Å²) in [5.74, 6) is 0.480. The van der Waals surface area contributed by atoms with Crippen LogP contribution in [0.5, 0.6) is 0 Å². The predicted molar refractivity (Wildman–Crippen MR) is 68.7 cm³/mol. The number of nitrogens with one attached hydrogen (secondary N) is 1. The Morgan fingerprint density at radius 2 is 2.33 bits per heavy atom. The first-order valence-corrected chi connectivity index (χ1v) is 6.62. The van der Waals surface area contributed by atoms with Gasteiger partial charge < -0.3 is 11.1 Å². The summed E-state index contributed by atoms with van der Waals surface area (Å²) < 4.78 is 0. The van der Waals surface area contributed by atoms with Crippen molar-refractivity contribution in [3.8, 4) is 0 Å². The third-order valence-electron chi connectivity index (χ3n) is 2.71. The molecule has 0 aromatic carbocycles. The van der Waals surface area contributed by atoms with Crippen LogP contribution in [0.4, 0.5) is 0 Å². The molecule has 0 fully saturated rings. The topological polar surface area (TPSA) is 38.0 Å². The zero-order chi connectivity index (χ0) is 11.1. The van der Waals surface area contributed by atoms with Gasteiger partial charge in [-0.3, -0.25) is 0 Å². The van der Waals surface area contributed by atoms with Gasteiger partial charge in [0.25, 0.3) is 0 Å². The van der Waals surface area contributed by atoms with E-state index in [4.69, 9.17) is 5.73 Å². The van der Waals surface area contributed by atoms with Gasteiger partial charge in [-0.05, 0) is 36.9 Å². The molecule has 0 aliphatic carbocycles. The molecule has 1 aromatic heterocycles. The molecule has 3 N–H and O–H groups in total. The number of unbranched alkanes of at least 4 members (excludes halogenated alkanes) is 1. The summed E-state index contributed by atoms with van der Waals surface area (Å²) in [5.41, 5.74) is 7.28. The summed E-state index contributed by atoms with van der Waals surface area (Å²) in [4.78, 5) is 1.53. The van der Waals surface area contributed by atoms with Crippen molar-refractivity contribution in [1.82, 2.24) is 5.32 Å². The van der Waals surface area contributed by atoms with Gasteiger partial charge in [-0.2, -0.15) is 0 Å². The normalized spacial score (nSPS) is 13.0. The average Bonchev–Trinajstić information content (AvgIpc) is 2.71. The maximum atomic E-state index is 5.81. The molecule has 0 spiro atoms. The quantitative estimate of drug-likeness (QED) is 0.749. The summed E-state index contributed by atoms with van der Waals surface area (Å²) in [7, 11) is 1.99. The van der Waals surface area contributed by atoms with Crippen LogP contribution in [0, 0.1) is 0 Å². The average molecular weight is 226 g/mol. The van der Waals surface area contributed by atoms with E-state index in [2.05, 4.69) is 23.7 Å². The Labute approximate surface area is 96.9 Å². The van der Waals surface area contributed by atoms with Crippen molar-refractivity contribution in [2.24, 2.45) is 5.73 Å². The molecule has 1 heterocycles. The Morgan fingerprint density at radius 1 is 1.53 bits per heavy atom. The van der Waals surface area contributed by atoms with Gasteiger partial charge in [-0.25, -0.2) is 0 Å². The van der Waals surface area contributed by atoms with Gasteiger partial charge in [0, 0.05) is 23.9 Å². The van der Waals surface area contributed by atoms with E-state index in [1.807, 2.05) is 18.4 Å². The third kappa shape index (κ3) is 3.59. The van der Waals surface area contributed by atoms with E-state index in [0.717, 1.165) is 13.1 Å². The van der Waals surface area contributed by atoms with Crippen molar-refractivity contribution in [2.45, 2.75) is 32.1 Å². The van der Waals surface area contributed by atoms with E-state index in [1.54, 1.807) is 0 Å². The predicted octanol–water partition coefficient (Wildman–Crippen LogP) is 2.35. The molecule has 1 rings (SSSR count). The van der Waals surface area contributed by atoms with Crippen LogP contribution in [0.25, 0.3) is 0 Å². The number of thiophene rings is 1. The molecule has 1 aromatic rings. The van der Waals surface area contributed by atoms with E-state index < -0.39 is 0 Å². The minimum atomic E-state index is 0.480. The highest BCUT2D eigenvalue weighted by Gasteiger charge is 2.13. The Kier molecular flexibility index (Phi) is 5.91. The summed E-state index contributed by atoms with van der Waals surface area (Å²) in [5, 5.41) is 5.41. The third-order valence-corrected chi connectivity index (χ3v) is 3.71. The van der Waals surface area contributed by atoms with Crippen molar-refractivity contribution in [1.29, 1.82) is 0 Å². The van der Waals surface area contributed by atoms with Gasteiger partial charge in [0.2, 0.25) is 0 Å². The summed E-state index contributed by atoms with van der Waals surface area (Å²) in [6.45, 7) is 3.95. The van der Waals surface area contributed by atoms with Gasteiger partial charge in [-0.15, -0.1) is 11.3 Å². The first-order valence-electron chi connectivity index (χ1n) is 5.74. The second-order valence-corrected chi connectivity index (χ2v) is 4.89. The van der Waals surface area contributed by atoms with Crippen LogP contribution in [-0.4, -0.2) is 20.1 Å².